The molecule has 1 unspecified atom stereocenters. The van der Waals surface area contributed by atoms with Gasteiger partial charge in [0.2, 0.25) is 0 Å². The molecule has 1 atom stereocenters. The van der Waals surface area contributed by atoms with Gasteiger partial charge in [-0.3, -0.25) is 10.1 Å². The first kappa shape index (κ1) is 14.7. The molecule has 0 bridgehead atoms. The number of carbonyl (C=O) groups excluding carboxylic acids is 2. The van der Waals surface area contributed by atoms with Gasteiger partial charge in [0, 0.05) is 24.7 Å². The predicted molar refractivity (Wildman–Crippen MR) is 81.3 cm³/mol. The Balaban J connectivity index is 1.91. The Morgan fingerprint density at radius 1 is 1.36 bits per heavy atom. The van der Waals surface area contributed by atoms with Crippen LogP contribution in [0.5, 0.6) is 5.75 Å². The molecule has 0 aliphatic carbocycles. The van der Waals surface area contributed by atoms with Crippen molar-refractivity contribution in [2.75, 3.05) is 25.6 Å². The predicted octanol–water partition coefficient (Wildman–Crippen LogP) is 2.64. The summed E-state index contributed by atoms with van der Waals surface area (Å²) in [5, 5.41) is 2.58. The standard InChI is InChI=1S/C16H20N2O4/c1-21-16(20)17-11-5-6-14-13(10-11)15(19)18-8-3-2-4-12(18)7-9-22-14/h5-6,10,12H,2-4,7-9H2,1H3,(H,17,20). The zero-order chi connectivity index (χ0) is 15.5. The molecule has 2 aliphatic heterocycles. The van der Waals surface area contributed by atoms with Crippen LogP contribution in [0, 0.1) is 0 Å². The van der Waals surface area contributed by atoms with Gasteiger partial charge >= 0.3 is 6.09 Å². The minimum Gasteiger partial charge on any atom is -0.493 e. The van der Waals surface area contributed by atoms with Gasteiger partial charge in [-0.05, 0) is 37.5 Å². The van der Waals surface area contributed by atoms with Crippen molar-refractivity contribution in [2.45, 2.75) is 31.7 Å². The molecule has 0 aromatic heterocycles. The lowest BCUT2D eigenvalue weighted by atomic mass is 9.97. The average molecular weight is 304 g/mol. The number of fused-ring (bicyclic) bond motifs is 2. The smallest absolute Gasteiger partial charge is 0.411 e. The number of piperidine rings is 1. The van der Waals surface area contributed by atoms with Crippen molar-refractivity contribution >= 4 is 17.7 Å². The van der Waals surface area contributed by atoms with Gasteiger partial charge in [0.05, 0.1) is 19.3 Å². The van der Waals surface area contributed by atoms with Crippen molar-refractivity contribution in [2.24, 2.45) is 0 Å². The number of hydrogen-bond donors (Lipinski definition) is 1. The van der Waals surface area contributed by atoms with Gasteiger partial charge in [0.15, 0.2) is 0 Å². The van der Waals surface area contributed by atoms with E-state index in [-0.39, 0.29) is 11.9 Å². The average Bonchev–Trinajstić information content (AvgIpc) is 2.54. The van der Waals surface area contributed by atoms with Crippen molar-refractivity contribution in [3.05, 3.63) is 23.8 Å². The van der Waals surface area contributed by atoms with E-state index in [1.165, 1.54) is 7.11 Å². The van der Waals surface area contributed by atoms with E-state index in [4.69, 9.17) is 4.74 Å². The fraction of sp³-hybridized carbons (Fsp3) is 0.500. The molecule has 118 valence electrons. The summed E-state index contributed by atoms with van der Waals surface area (Å²) < 4.78 is 10.3. The van der Waals surface area contributed by atoms with Crippen molar-refractivity contribution in [3.63, 3.8) is 0 Å². The molecule has 1 aromatic carbocycles. The molecule has 1 aromatic rings. The molecule has 1 saturated heterocycles. The van der Waals surface area contributed by atoms with E-state index >= 15 is 0 Å². The highest BCUT2D eigenvalue weighted by atomic mass is 16.5. The Hall–Kier alpha value is -2.24. The van der Waals surface area contributed by atoms with E-state index in [9.17, 15) is 9.59 Å². The summed E-state index contributed by atoms with van der Waals surface area (Å²) in [6, 6.07) is 5.35. The molecule has 1 N–H and O–H groups in total. The molecule has 22 heavy (non-hydrogen) atoms. The third kappa shape index (κ3) is 2.86. The van der Waals surface area contributed by atoms with E-state index < -0.39 is 6.09 Å². The quantitative estimate of drug-likeness (QED) is 0.866. The molecule has 6 nitrogen and oxygen atoms in total. The Kier molecular flexibility index (Phi) is 4.18. The maximum Gasteiger partial charge on any atom is 0.411 e. The first-order valence-corrected chi connectivity index (χ1v) is 7.62. The lowest BCUT2D eigenvalue weighted by Crippen LogP contribution is -2.45. The van der Waals surface area contributed by atoms with E-state index in [0.29, 0.717) is 23.6 Å². The first-order valence-electron chi connectivity index (χ1n) is 7.62. The Bertz CT molecular complexity index is 588. The van der Waals surface area contributed by atoms with Gasteiger partial charge in [0.25, 0.3) is 5.91 Å². The van der Waals surface area contributed by atoms with E-state index in [1.807, 2.05) is 4.90 Å². The van der Waals surface area contributed by atoms with Crippen LogP contribution in [-0.4, -0.2) is 43.2 Å². The SMILES string of the molecule is COC(=O)Nc1ccc2c(c1)C(=O)N1CCCCC1CCO2. The number of hydrogen-bond acceptors (Lipinski definition) is 4. The zero-order valence-electron chi connectivity index (χ0n) is 12.6. The monoisotopic (exact) mass is 304 g/mol. The third-order valence-electron chi connectivity index (χ3n) is 4.24. The van der Waals surface area contributed by atoms with Crippen LogP contribution >= 0.6 is 0 Å². The minimum atomic E-state index is -0.560. The van der Waals surface area contributed by atoms with Crippen molar-refractivity contribution in [1.82, 2.24) is 4.90 Å². The van der Waals surface area contributed by atoms with Crippen LogP contribution in [0.25, 0.3) is 0 Å². The number of nitrogens with zero attached hydrogens (tertiary/aromatic N) is 1. The number of methoxy groups -OCH3 is 1. The van der Waals surface area contributed by atoms with Crippen LogP contribution < -0.4 is 10.1 Å². The van der Waals surface area contributed by atoms with Crippen LogP contribution in [0.3, 0.4) is 0 Å². The first-order chi connectivity index (χ1) is 10.7. The molecule has 6 heteroatoms. The maximum absolute atomic E-state index is 12.8. The van der Waals surface area contributed by atoms with Crippen LogP contribution in [0.15, 0.2) is 18.2 Å². The molecule has 2 amide bonds. The number of benzene rings is 1. The summed E-state index contributed by atoms with van der Waals surface area (Å²) in [7, 11) is 1.30. The van der Waals surface area contributed by atoms with Gasteiger partial charge in [-0.1, -0.05) is 0 Å². The van der Waals surface area contributed by atoms with E-state index in [2.05, 4.69) is 10.1 Å². The third-order valence-corrected chi connectivity index (χ3v) is 4.24. The number of nitrogens with one attached hydrogen (secondary N) is 1. The second-order valence-corrected chi connectivity index (χ2v) is 5.61. The van der Waals surface area contributed by atoms with E-state index in [1.54, 1.807) is 18.2 Å². The minimum absolute atomic E-state index is 0.0204. The maximum atomic E-state index is 12.8. The molecule has 3 rings (SSSR count). The molecule has 1 fully saturated rings. The largest absolute Gasteiger partial charge is 0.493 e. The second kappa shape index (κ2) is 6.25. The Morgan fingerprint density at radius 3 is 3.05 bits per heavy atom. The van der Waals surface area contributed by atoms with Crippen molar-refractivity contribution < 1.29 is 19.1 Å². The zero-order valence-corrected chi connectivity index (χ0v) is 12.6. The number of anilines is 1. The fourth-order valence-electron chi connectivity index (χ4n) is 3.10. The highest BCUT2D eigenvalue weighted by Crippen LogP contribution is 2.30. The number of carbonyl (C=O) groups is 2. The van der Waals surface area contributed by atoms with Crippen LogP contribution in [0.4, 0.5) is 10.5 Å². The summed E-state index contributed by atoms with van der Waals surface area (Å²) in [5.74, 6) is 0.553. The summed E-state index contributed by atoms with van der Waals surface area (Å²) >= 11 is 0. The Labute approximate surface area is 129 Å². The topological polar surface area (TPSA) is 67.9 Å². The molecule has 2 aliphatic rings. The molecular weight excluding hydrogens is 284 g/mol. The highest BCUT2D eigenvalue weighted by Gasteiger charge is 2.31. The Morgan fingerprint density at radius 2 is 2.23 bits per heavy atom. The molecule has 0 saturated carbocycles. The number of rotatable bonds is 1. The van der Waals surface area contributed by atoms with Gasteiger partial charge in [0.1, 0.15) is 5.75 Å². The summed E-state index contributed by atoms with van der Waals surface area (Å²) in [6.07, 6.45) is 3.54. The van der Waals surface area contributed by atoms with Gasteiger partial charge in [-0.25, -0.2) is 4.79 Å². The van der Waals surface area contributed by atoms with E-state index in [0.717, 1.165) is 32.2 Å². The summed E-state index contributed by atoms with van der Waals surface area (Å²) in [6.45, 7) is 1.39. The van der Waals surface area contributed by atoms with Crippen LogP contribution in [0.1, 0.15) is 36.0 Å². The van der Waals surface area contributed by atoms with Gasteiger partial charge < -0.3 is 14.4 Å². The second-order valence-electron chi connectivity index (χ2n) is 5.61. The molecular formula is C16H20N2O4. The normalized spacial score (nSPS) is 20.9. The summed E-state index contributed by atoms with van der Waals surface area (Å²) in [5.41, 5.74) is 1.03. The van der Waals surface area contributed by atoms with Crippen molar-refractivity contribution in [3.8, 4) is 5.75 Å². The molecule has 0 spiro atoms. The fourth-order valence-corrected chi connectivity index (χ4v) is 3.10. The lowest BCUT2D eigenvalue weighted by Gasteiger charge is -2.37. The van der Waals surface area contributed by atoms with Gasteiger partial charge in [-0.2, -0.15) is 0 Å². The van der Waals surface area contributed by atoms with Crippen molar-refractivity contribution in [1.29, 1.82) is 0 Å². The van der Waals surface area contributed by atoms with Gasteiger partial charge in [-0.15, -0.1) is 0 Å². The lowest BCUT2D eigenvalue weighted by molar-refractivity contribution is 0.0548. The number of amides is 2. The highest BCUT2D eigenvalue weighted by molar-refractivity contribution is 5.99. The number of ether oxygens (including phenoxy) is 2. The molecule has 0 radical (unpaired) electrons. The molecule has 2 heterocycles. The van der Waals surface area contributed by atoms with Crippen LogP contribution in [-0.2, 0) is 4.74 Å². The van der Waals surface area contributed by atoms with Crippen LogP contribution in [0.2, 0.25) is 0 Å². The summed E-state index contributed by atoms with van der Waals surface area (Å²) in [4.78, 5) is 26.1.